The molecule has 1 fully saturated rings. The minimum absolute atomic E-state index is 0.0451. The van der Waals surface area contributed by atoms with Gasteiger partial charge in [-0.2, -0.15) is 0 Å². The lowest BCUT2D eigenvalue weighted by Gasteiger charge is -2.11. The number of aryl methyl sites for hydroxylation is 1. The first-order valence-electron chi connectivity index (χ1n) is 5.53. The van der Waals surface area contributed by atoms with Crippen LogP contribution in [0.4, 0.5) is 5.69 Å². The van der Waals surface area contributed by atoms with E-state index in [0.29, 0.717) is 12.2 Å². The van der Waals surface area contributed by atoms with Gasteiger partial charge in [-0.15, -0.1) is 11.8 Å². The van der Waals surface area contributed by atoms with Crippen LogP contribution in [0.25, 0.3) is 0 Å². The summed E-state index contributed by atoms with van der Waals surface area (Å²) in [4.78, 5) is 23.2. The Labute approximate surface area is 104 Å². The molecule has 1 aliphatic heterocycles. The summed E-state index contributed by atoms with van der Waals surface area (Å²) >= 11 is 1.70. The number of rotatable bonds is 3. The fraction of sp³-hybridized carbons (Fsp3) is 0.455. The molecule has 1 saturated heterocycles. The molecular weight excluding hydrogens is 238 g/mol. The summed E-state index contributed by atoms with van der Waals surface area (Å²) < 4.78 is 1.56. The molecule has 0 radical (unpaired) electrons. The fourth-order valence-electron chi connectivity index (χ4n) is 1.65. The maximum absolute atomic E-state index is 11.8. The van der Waals surface area contributed by atoms with E-state index in [9.17, 15) is 9.59 Å². The van der Waals surface area contributed by atoms with Gasteiger partial charge in [-0.1, -0.05) is 0 Å². The molecule has 5 nitrogen and oxygen atoms in total. The van der Waals surface area contributed by atoms with Crippen LogP contribution in [0.3, 0.4) is 0 Å². The van der Waals surface area contributed by atoms with Crippen molar-refractivity contribution in [3.63, 3.8) is 0 Å². The van der Waals surface area contributed by atoms with Crippen LogP contribution in [0.15, 0.2) is 23.1 Å². The van der Waals surface area contributed by atoms with Crippen molar-refractivity contribution >= 4 is 23.4 Å². The van der Waals surface area contributed by atoms with E-state index in [1.165, 1.54) is 6.07 Å². The smallest absolute Gasteiger partial charge is 0.250 e. The van der Waals surface area contributed by atoms with Gasteiger partial charge in [0.2, 0.25) is 5.91 Å². The summed E-state index contributed by atoms with van der Waals surface area (Å²) in [5, 5.41) is 5.91. The minimum atomic E-state index is -0.137. The maximum Gasteiger partial charge on any atom is 0.250 e. The molecule has 0 aromatic carbocycles. The Morgan fingerprint density at radius 2 is 2.47 bits per heavy atom. The van der Waals surface area contributed by atoms with E-state index in [4.69, 9.17) is 0 Å². The van der Waals surface area contributed by atoms with Crippen LogP contribution in [0.2, 0.25) is 0 Å². The molecule has 6 heteroatoms. The normalized spacial score (nSPS) is 19.2. The van der Waals surface area contributed by atoms with Crippen molar-refractivity contribution in [3.8, 4) is 0 Å². The summed E-state index contributed by atoms with van der Waals surface area (Å²) in [6.07, 6.45) is 1.67. The number of anilines is 1. The van der Waals surface area contributed by atoms with Crippen molar-refractivity contribution in [1.82, 2.24) is 9.88 Å². The third-order valence-electron chi connectivity index (χ3n) is 2.62. The molecule has 17 heavy (non-hydrogen) atoms. The van der Waals surface area contributed by atoms with Crippen molar-refractivity contribution in [2.75, 3.05) is 16.9 Å². The third kappa shape index (κ3) is 2.89. The molecule has 1 unspecified atom stereocenters. The lowest BCUT2D eigenvalue weighted by molar-refractivity contribution is -0.117. The van der Waals surface area contributed by atoms with E-state index < -0.39 is 0 Å². The van der Waals surface area contributed by atoms with Gasteiger partial charge in [0, 0.05) is 30.4 Å². The average molecular weight is 253 g/mol. The monoisotopic (exact) mass is 253 g/mol. The summed E-state index contributed by atoms with van der Waals surface area (Å²) in [7, 11) is 0. The number of hydrogen-bond donors (Lipinski definition) is 2. The lowest BCUT2D eigenvalue weighted by Crippen LogP contribution is -2.37. The quantitative estimate of drug-likeness (QED) is 0.822. The Morgan fingerprint density at radius 1 is 1.65 bits per heavy atom. The molecule has 0 saturated carbocycles. The van der Waals surface area contributed by atoms with Gasteiger partial charge in [0.15, 0.2) is 0 Å². The van der Waals surface area contributed by atoms with Gasteiger partial charge in [-0.05, 0) is 13.0 Å². The zero-order valence-corrected chi connectivity index (χ0v) is 10.4. The Morgan fingerprint density at radius 3 is 3.12 bits per heavy atom. The van der Waals surface area contributed by atoms with E-state index in [-0.39, 0.29) is 17.5 Å². The summed E-state index contributed by atoms with van der Waals surface area (Å²) in [6, 6.07) is 2.96. The van der Waals surface area contributed by atoms with E-state index in [1.807, 2.05) is 6.92 Å². The molecule has 1 aromatic rings. The van der Waals surface area contributed by atoms with Crippen molar-refractivity contribution in [2.24, 2.45) is 0 Å². The standard InChI is InChI=1S/C11H15N3O2S/c1-2-14-5-8(3-4-10(14)15)13-11(16)9-6-17-7-12-9/h3-5,9,12H,2,6-7H2,1H3,(H,13,16). The number of nitrogens with one attached hydrogen (secondary N) is 2. The predicted octanol–water partition coefficient (Wildman–Crippen LogP) is 0.469. The lowest BCUT2D eigenvalue weighted by atomic mass is 10.3. The van der Waals surface area contributed by atoms with E-state index in [1.54, 1.807) is 28.6 Å². The highest BCUT2D eigenvalue weighted by Crippen LogP contribution is 2.12. The van der Waals surface area contributed by atoms with Gasteiger partial charge < -0.3 is 9.88 Å². The second kappa shape index (κ2) is 5.37. The Hall–Kier alpha value is -1.27. The Balaban J connectivity index is 2.07. The fourth-order valence-corrected chi connectivity index (χ4v) is 2.59. The molecule has 2 heterocycles. The second-order valence-electron chi connectivity index (χ2n) is 3.80. The molecular formula is C11H15N3O2S. The van der Waals surface area contributed by atoms with Crippen molar-refractivity contribution in [2.45, 2.75) is 19.5 Å². The zero-order chi connectivity index (χ0) is 12.3. The molecule has 2 rings (SSSR count). The Kier molecular flexibility index (Phi) is 3.86. The highest BCUT2D eigenvalue weighted by atomic mass is 32.2. The summed E-state index contributed by atoms with van der Waals surface area (Å²) in [5.74, 6) is 1.56. The van der Waals surface area contributed by atoms with Crippen LogP contribution in [-0.4, -0.2) is 28.1 Å². The van der Waals surface area contributed by atoms with Crippen LogP contribution in [-0.2, 0) is 11.3 Å². The van der Waals surface area contributed by atoms with Gasteiger partial charge in [0.25, 0.3) is 5.56 Å². The van der Waals surface area contributed by atoms with Crippen LogP contribution >= 0.6 is 11.8 Å². The van der Waals surface area contributed by atoms with Crippen LogP contribution < -0.4 is 16.2 Å². The number of thioether (sulfide) groups is 1. The molecule has 2 N–H and O–H groups in total. The number of carbonyl (C=O) groups excluding carboxylic acids is 1. The van der Waals surface area contributed by atoms with Gasteiger partial charge in [0.1, 0.15) is 0 Å². The zero-order valence-electron chi connectivity index (χ0n) is 9.60. The second-order valence-corrected chi connectivity index (χ2v) is 4.83. The Bertz CT molecular complexity index is 466. The van der Waals surface area contributed by atoms with Gasteiger partial charge in [-0.3, -0.25) is 14.9 Å². The van der Waals surface area contributed by atoms with Gasteiger partial charge >= 0.3 is 0 Å². The number of carbonyl (C=O) groups is 1. The topological polar surface area (TPSA) is 63.1 Å². The maximum atomic E-state index is 11.8. The molecule has 92 valence electrons. The largest absolute Gasteiger partial charge is 0.323 e. The average Bonchev–Trinajstić information content (AvgIpc) is 2.85. The molecule has 1 aromatic heterocycles. The van der Waals surface area contributed by atoms with E-state index in [2.05, 4.69) is 10.6 Å². The number of pyridine rings is 1. The molecule has 1 atom stereocenters. The van der Waals surface area contributed by atoms with Crippen LogP contribution in [0.5, 0.6) is 0 Å². The highest BCUT2D eigenvalue weighted by Gasteiger charge is 2.22. The van der Waals surface area contributed by atoms with Crippen LogP contribution in [0.1, 0.15) is 6.92 Å². The number of hydrogen-bond acceptors (Lipinski definition) is 4. The first-order valence-corrected chi connectivity index (χ1v) is 6.68. The number of nitrogens with zero attached hydrogens (tertiary/aromatic N) is 1. The first kappa shape index (κ1) is 12.2. The molecule has 0 bridgehead atoms. The van der Waals surface area contributed by atoms with Gasteiger partial charge in [0.05, 0.1) is 11.7 Å². The summed E-state index contributed by atoms with van der Waals surface area (Å²) in [5.41, 5.74) is 0.607. The van der Waals surface area contributed by atoms with Crippen molar-refractivity contribution in [3.05, 3.63) is 28.7 Å². The molecule has 0 spiro atoms. The molecule has 0 aliphatic carbocycles. The molecule has 1 aliphatic rings. The predicted molar refractivity (Wildman–Crippen MR) is 69.3 cm³/mol. The minimum Gasteiger partial charge on any atom is -0.323 e. The number of aromatic nitrogens is 1. The van der Waals surface area contributed by atoms with E-state index in [0.717, 1.165) is 11.6 Å². The van der Waals surface area contributed by atoms with Crippen molar-refractivity contribution in [1.29, 1.82) is 0 Å². The summed E-state index contributed by atoms with van der Waals surface area (Å²) in [6.45, 7) is 2.49. The van der Waals surface area contributed by atoms with Crippen molar-refractivity contribution < 1.29 is 4.79 Å². The first-order chi connectivity index (χ1) is 8.20. The van der Waals surface area contributed by atoms with Gasteiger partial charge in [-0.25, -0.2) is 0 Å². The van der Waals surface area contributed by atoms with E-state index >= 15 is 0 Å². The highest BCUT2D eigenvalue weighted by molar-refractivity contribution is 7.99. The number of amides is 1. The SMILES string of the molecule is CCn1cc(NC(=O)C2CSCN2)ccc1=O. The molecule has 1 amide bonds. The van der Waals surface area contributed by atoms with Crippen LogP contribution in [0, 0.1) is 0 Å². The third-order valence-corrected chi connectivity index (χ3v) is 3.56.